The van der Waals surface area contributed by atoms with E-state index in [4.69, 9.17) is 52.3 Å². The molecule has 2 aromatic carbocycles. The van der Waals surface area contributed by atoms with E-state index in [1.165, 1.54) is 0 Å². The number of oxime groups is 1. The maximum atomic E-state index is 14.0. The van der Waals surface area contributed by atoms with Crippen molar-refractivity contribution in [3.8, 4) is 28.7 Å². The molecule has 0 aromatic heterocycles. The summed E-state index contributed by atoms with van der Waals surface area (Å²) < 4.78 is 50.5. The molecule has 0 bridgehead atoms. The quantitative estimate of drug-likeness (QED) is 0.129. The summed E-state index contributed by atoms with van der Waals surface area (Å²) in [7, 11) is 4.64. The molecule has 1 N–H and O–H groups in total. The first-order chi connectivity index (χ1) is 26.9. The van der Waals surface area contributed by atoms with Crippen molar-refractivity contribution < 1.29 is 66.7 Å². The number of nitrogens with one attached hydrogen (secondary N) is 1. The molecule has 0 radical (unpaired) electrons. The first kappa shape index (κ1) is 41.3. The van der Waals surface area contributed by atoms with Crippen LogP contribution in [0.5, 0.6) is 28.7 Å². The summed E-state index contributed by atoms with van der Waals surface area (Å²) >= 11 is 0. The minimum Gasteiger partial charge on any atom is -0.493 e. The van der Waals surface area contributed by atoms with Crippen molar-refractivity contribution in [3.63, 3.8) is 0 Å². The van der Waals surface area contributed by atoms with Gasteiger partial charge in [-0.15, -0.1) is 0 Å². The summed E-state index contributed by atoms with van der Waals surface area (Å²) in [5.74, 6) is 0.651. The number of hydrogen-bond donors (Lipinski definition) is 1. The van der Waals surface area contributed by atoms with Gasteiger partial charge in [-0.3, -0.25) is 9.59 Å². The van der Waals surface area contributed by atoms with E-state index < -0.39 is 17.8 Å². The third-order valence-electron chi connectivity index (χ3n) is 9.05. The molecule has 5 rings (SSSR count). The second-order valence-electron chi connectivity index (χ2n) is 12.5. The molecule has 1 saturated heterocycles. The topological polar surface area (TPSA) is 180 Å². The molecule has 2 heterocycles. The molecular weight excluding hydrogens is 722 g/mol. The molecule has 2 amide bonds. The normalized spacial score (nSPS) is 17.9. The highest BCUT2D eigenvalue weighted by Crippen LogP contribution is 2.49. The van der Waals surface area contributed by atoms with Gasteiger partial charge in [0.05, 0.1) is 98.8 Å². The van der Waals surface area contributed by atoms with Gasteiger partial charge in [0.15, 0.2) is 23.0 Å². The smallest absolute Gasteiger partial charge is 0.334 e. The number of carbonyl (C=O) groups is 3. The molecule has 55 heavy (non-hydrogen) atoms. The van der Waals surface area contributed by atoms with Crippen molar-refractivity contribution in [1.82, 2.24) is 10.4 Å². The minimum atomic E-state index is -0.591. The van der Waals surface area contributed by atoms with Gasteiger partial charge in [-0.2, -0.15) is 5.06 Å². The van der Waals surface area contributed by atoms with Gasteiger partial charge in [-0.25, -0.2) is 4.79 Å². The Bertz CT molecular complexity index is 1610. The molecule has 2 aromatic rings. The van der Waals surface area contributed by atoms with E-state index in [0.717, 1.165) is 21.8 Å². The molecule has 1 fully saturated rings. The van der Waals surface area contributed by atoms with Crippen LogP contribution >= 0.6 is 0 Å². The van der Waals surface area contributed by atoms with Gasteiger partial charge in [0.2, 0.25) is 18.4 Å². The standard InChI is InChI=1S/C38H51N3O14/c1-5-54-40-29-21-28(36(27-23-31-30(22-26(27)29)52-24-53-31)25-19-32(45-2)37(47-4)33(20-25)46-3)38(44)39-9-12-49-14-16-51-18-17-50-15-13-48-11-8-35(43)55-41-10-6-7-34(41)42/h19-20,22-23,28,36H,5-18,21,24H2,1-4H3,(H,39,44)/b40-29+/t28-,36+/m0/s1. The van der Waals surface area contributed by atoms with Crippen LogP contribution in [-0.4, -0.2) is 129 Å². The number of carbonyl (C=O) groups excluding carboxylic acids is 3. The Balaban J connectivity index is 1.07. The fourth-order valence-electron chi connectivity index (χ4n) is 6.47. The molecule has 0 saturated carbocycles. The molecule has 0 unspecified atom stereocenters. The van der Waals surface area contributed by atoms with Crippen LogP contribution in [0.4, 0.5) is 0 Å². The Morgan fingerprint density at radius 2 is 1.49 bits per heavy atom. The Morgan fingerprint density at radius 3 is 2.09 bits per heavy atom. The zero-order valence-corrected chi connectivity index (χ0v) is 31.9. The van der Waals surface area contributed by atoms with Crippen LogP contribution in [0.15, 0.2) is 29.4 Å². The lowest BCUT2D eigenvalue weighted by molar-refractivity contribution is -0.193. The number of ether oxygens (including phenoxy) is 9. The molecule has 2 atom stereocenters. The molecule has 302 valence electrons. The molecule has 17 nitrogen and oxygen atoms in total. The number of hydroxylamine groups is 2. The highest BCUT2D eigenvalue weighted by Gasteiger charge is 2.41. The lowest BCUT2D eigenvalue weighted by Crippen LogP contribution is -2.40. The zero-order chi connectivity index (χ0) is 39.0. The van der Waals surface area contributed by atoms with E-state index >= 15 is 0 Å². The van der Waals surface area contributed by atoms with Gasteiger partial charge in [-0.1, -0.05) is 5.16 Å². The van der Waals surface area contributed by atoms with E-state index in [9.17, 15) is 14.4 Å². The zero-order valence-electron chi connectivity index (χ0n) is 31.9. The summed E-state index contributed by atoms with van der Waals surface area (Å²) in [6.45, 7) is 5.56. The highest BCUT2D eigenvalue weighted by molar-refractivity contribution is 6.06. The van der Waals surface area contributed by atoms with E-state index in [0.29, 0.717) is 107 Å². The maximum Gasteiger partial charge on any atom is 0.334 e. The molecule has 0 spiro atoms. The van der Waals surface area contributed by atoms with Crippen LogP contribution in [0, 0.1) is 5.92 Å². The van der Waals surface area contributed by atoms with Gasteiger partial charge >= 0.3 is 5.97 Å². The van der Waals surface area contributed by atoms with Crippen LogP contribution in [0.1, 0.15) is 55.2 Å². The highest BCUT2D eigenvalue weighted by atomic mass is 16.7. The third kappa shape index (κ3) is 11.1. The van der Waals surface area contributed by atoms with Crippen molar-refractivity contribution >= 4 is 23.5 Å². The number of amides is 2. The Hall–Kier alpha value is -4.84. The first-order valence-electron chi connectivity index (χ1n) is 18.4. The van der Waals surface area contributed by atoms with Crippen LogP contribution < -0.4 is 29.0 Å². The lowest BCUT2D eigenvalue weighted by atomic mass is 9.70. The molecule has 2 aliphatic heterocycles. The minimum absolute atomic E-state index is 0.0545. The number of rotatable bonds is 23. The number of benzene rings is 2. The van der Waals surface area contributed by atoms with E-state index in [1.807, 2.05) is 31.2 Å². The number of nitrogens with zero attached hydrogens (tertiary/aromatic N) is 2. The summed E-state index contributed by atoms with van der Waals surface area (Å²) in [4.78, 5) is 47.8. The Morgan fingerprint density at radius 1 is 0.855 bits per heavy atom. The van der Waals surface area contributed by atoms with Crippen molar-refractivity contribution in [2.45, 2.75) is 38.5 Å². The fraction of sp³-hybridized carbons (Fsp3) is 0.579. The van der Waals surface area contributed by atoms with Crippen LogP contribution in [0.3, 0.4) is 0 Å². The number of hydrogen-bond acceptors (Lipinski definition) is 15. The SMILES string of the molecule is CCO/N=C1\C[C@H](C(=O)NCCOCCOCCOCCOCCC(=O)ON2CCCC2=O)[C@H](c2cc(OC)c(OC)c(OC)c2)c2cc3c(cc21)OCO3. The van der Waals surface area contributed by atoms with Crippen LogP contribution in [-0.2, 0) is 43.0 Å². The lowest BCUT2D eigenvalue weighted by Gasteiger charge is -2.34. The van der Waals surface area contributed by atoms with Crippen molar-refractivity contribution in [2.24, 2.45) is 11.1 Å². The van der Waals surface area contributed by atoms with Crippen LogP contribution in [0.2, 0.25) is 0 Å². The fourth-order valence-corrected chi connectivity index (χ4v) is 6.47. The van der Waals surface area contributed by atoms with E-state index in [1.54, 1.807) is 21.3 Å². The van der Waals surface area contributed by atoms with Gasteiger partial charge in [0.1, 0.15) is 6.61 Å². The molecule has 1 aliphatic carbocycles. The van der Waals surface area contributed by atoms with E-state index in [-0.39, 0.29) is 44.8 Å². The molecule has 17 heteroatoms. The maximum absolute atomic E-state index is 14.0. The van der Waals surface area contributed by atoms with E-state index in [2.05, 4.69) is 10.5 Å². The van der Waals surface area contributed by atoms with Crippen molar-refractivity contribution in [3.05, 3.63) is 41.0 Å². The summed E-state index contributed by atoms with van der Waals surface area (Å²) in [5, 5.41) is 8.56. The predicted octanol–water partition coefficient (Wildman–Crippen LogP) is 2.99. The average molecular weight is 774 g/mol. The third-order valence-corrected chi connectivity index (χ3v) is 9.05. The molecular formula is C38H51N3O14. The van der Waals surface area contributed by atoms with Gasteiger partial charge < -0.3 is 57.6 Å². The first-order valence-corrected chi connectivity index (χ1v) is 18.4. The van der Waals surface area contributed by atoms with Gasteiger partial charge in [-0.05, 0) is 48.7 Å². The number of methoxy groups -OCH3 is 3. The van der Waals surface area contributed by atoms with Gasteiger partial charge in [0, 0.05) is 30.9 Å². The Kier molecular flexibility index (Phi) is 16.0. The Labute approximate surface area is 320 Å². The summed E-state index contributed by atoms with van der Waals surface area (Å²) in [6, 6.07) is 7.50. The summed E-state index contributed by atoms with van der Waals surface area (Å²) in [6.07, 6.45) is 1.44. The summed E-state index contributed by atoms with van der Waals surface area (Å²) in [5.41, 5.74) is 3.03. The second kappa shape index (κ2) is 21.3. The van der Waals surface area contributed by atoms with Crippen molar-refractivity contribution in [2.75, 3.05) is 101 Å². The second-order valence-corrected chi connectivity index (χ2v) is 12.5. The van der Waals surface area contributed by atoms with Gasteiger partial charge in [0.25, 0.3) is 5.91 Å². The average Bonchev–Trinajstić information content (AvgIpc) is 3.84. The predicted molar refractivity (Wildman–Crippen MR) is 195 cm³/mol. The molecule has 3 aliphatic rings. The number of fused-ring (bicyclic) bond motifs is 2. The van der Waals surface area contributed by atoms with Crippen LogP contribution in [0.25, 0.3) is 0 Å². The van der Waals surface area contributed by atoms with Crippen molar-refractivity contribution in [1.29, 1.82) is 0 Å². The monoisotopic (exact) mass is 773 g/mol. The largest absolute Gasteiger partial charge is 0.493 e.